The summed E-state index contributed by atoms with van der Waals surface area (Å²) in [5.74, 6) is 1.20. The number of hydrogen-bond acceptors (Lipinski definition) is 4. The maximum atomic E-state index is 12.7. The molecule has 27 heavy (non-hydrogen) atoms. The minimum atomic E-state index is -0.585. The molecule has 4 rings (SSSR count). The van der Waals surface area contributed by atoms with Crippen LogP contribution in [0, 0.1) is 0 Å². The van der Waals surface area contributed by atoms with Crippen LogP contribution in [-0.4, -0.2) is 16.9 Å². The Morgan fingerprint density at radius 3 is 2.74 bits per heavy atom. The highest BCUT2D eigenvalue weighted by molar-refractivity contribution is 5.95. The van der Waals surface area contributed by atoms with Gasteiger partial charge in [-0.15, -0.1) is 0 Å². The second-order valence-corrected chi connectivity index (χ2v) is 6.67. The van der Waals surface area contributed by atoms with Crippen molar-refractivity contribution >= 4 is 11.6 Å². The van der Waals surface area contributed by atoms with Gasteiger partial charge < -0.3 is 15.8 Å². The van der Waals surface area contributed by atoms with Crippen molar-refractivity contribution in [2.45, 2.75) is 24.8 Å². The lowest BCUT2D eigenvalue weighted by Gasteiger charge is -2.20. The average Bonchev–Trinajstić information content (AvgIpc) is 3.12. The number of amides is 1. The number of aryl methyl sites for hydroxylation is 1. The Labute approximate surface area is 158 Å². The van der Waals surface area contributed by atoms with E-state index in [1.54, 1.807) is 30.6 Å². The molecular weight excluding hydrogens is 338 g/mol. The number of nitrogens with zero attached hydrogens (tertiary/aromatic N) is 1. The molecular formula is C22H21N3O2. The van der Waals surface area contributed by atoms with Crippen LogP contribution < -0.4 is 15.8 Å². The summed E-state index contributed by atoms with van der Waals surface area (Å²) in [6.07, 6.45) is 5.20. The normalized spacial score (nSPS) is 16.4. The Morgan fingerprint density at radius 1 is 1.07 bits per heavy atom. The van der Waals surface area contributed by atoms with Gasteiger partial charge in [0.2, 0.25) is 5.91 Å². The smallest absolute Gasteiger partial charge is 0.241 e. The van der Waals surface area contributed by atoms with Crippen LogP contribution in [0.5, 0.6) is 11.5 Å². The molecule has 2 aromatic carbocycles. The van der Waals surface area contributed by atoms with Crippen molar-refractivity contribution in [3.05, 3.63) is 84.2 Å². The monoisotopic (exact) mass is 359 g/mol. The van der Waals surface area contributed by atoms with Crippen LogP contribution in [0.3, 0.4) is 0 Å². The van der Waals surface area contributed by atoms with Gasteiger partial charge in [-0.25, -0.2) is 0 Å². The first-order valence-corrected chi connectivity index (χ1v) is 9.03. The van der Waals surface area contributed by atoms with Gasteiger partial charge in [0, 0.05) is 30.1 Å². The molecule has 3 N–H and O–H groups in total. The molecule has 1 amide bonds. The van der Waals surface area contributed by atoms with E-state index in [-0.39, 0.29) is 11.8 Å². The van der Waals surface area contributed by atoms with Crippen LogP contribution in [-0.2, 0) is 11.2 Å². The largest absolute Gasteiger partial charge is 0.457 e. The summed E-state index contributed by atoms with van der Waals surface area (Å²) in [4.78, 5) is 16.7. The minimum absolute atomic E-state index is 0.0532. The van der Waals surface area contributed by atoms with Gasteiger partial charge in [-0.05, 0) is 48.2 Å². The molecule has 2 atom stereocenters. The average molecular weight is 359 g/mol. The van der Waals surface area contributed by atoms with E-state index in [0.717, 1.165) is 12.8 Å². The van der Waals surface area contributed by atoms with Crippen molar-refractivity contribution in [2.75, 3.05) is 5.32 Å². The predicted molar refractivity (Wildman–Crippen MR) is 105 cm³/mol. The summed E-state index contributed by atoms with van der Waals surface area (Å²) >= 11 is 0. The number of nitrogens with one attached hydrogen (secondary N) is 1. The van der Waals surface area contributed by atoms with Crippen LogP contribution in [0.2, 0.25) is 0 Å². The van der Waals surface area contributed by atoms with Crippen LogP contribution in [0.1, 0.15) is 23.5 Å². The molecule has 1 aliphatic carbocycles. The molecule has 5 heteroatoms. The summed E-state index contributed by atoms with van der Waals surface area (Å²) in [5, 5.41) is 2.92. The molecule has 1 aliphatic rings. The summed E-state index contributed by atoms with van der Waals surface area (Å²) in [6.45, 7) is 0. The topological polar surface area (TPSA) is 77.2 Å². The highest BCUT2D eigenvalue weighted by Gasteiger charge is 2.31. The lowest BCUT2D eigenvalue weighted by molar-refractivity contribution is -0.117. The molecule has 0 saturated heterocycles. The molecule has 0 bridgehead atoms. The number of carbonyl (C=O) groups excluding carboxylic acids is 1. The van der Waals surface area contributed by atoms with E-state index in [0.29, 0.717) is 17.2 Å². The van der Waals surface area contributed by atoms with E-state index in [4.69, 9.17) is 10.5 Å². The summed E-state index contributed by atoms with van der Waals surface area (Å²) < 4.78 is 5.78. The number of carbonyl (C=O) groups is 1. The van der Waals surface area contributed by atoms with Crippen molar-refractivity contribution < 1.29 is 9.53 Å². The third-order valence-corrected chi connectivity index (χ3v) is 4.90. The van der Waals surface area contributed by atoms with Gasteiger partial charge in [0.15, 0.2) is 0 Å². The Balaban J connectivity index is 1.45. The van der Waals surface area contributed by atoms with E-state index in [9.17, 15) is 4.79 Å². The lowest BCUT2D eigenvalue weighted by Crippen LogP contribution is -2.40. The predicted octanol–water partition coefficient (Wildman–Crippen LogP) is 3.87. The molecule has 136 valence electrons. The first-order valence-electron chi connectivity index (χ1n) is 9.03. The van der Waals surface area contributed by atoms with E-state index in [1.165, 1.54) is 11.1 Å². The van der Waals surface area contributed by atoms with Crippen molar-refractivity contribution in [3.63, 3.8) is 0 Å². The number of hydrogen-bond donors (Lipinski definition) is 2. The number of pyridine rings is 1. The minimum Gasteiger partial charge on any atom is -0.457 e. The van der Waals surface area contributed by atoms with E-state index in [2.05, 4.69) is 22.4 Å². The molecule has 0 spiro atoms. The zero-order chi connectivity index (χ0) is 18.6. The van der Waals surface area contributed by atoms with Gasteiger partial charge in [-0.2, -0.15) is 0 Å². The van der Waals surface area contributed by atoms with Crippen LogP contribution in [0.25, 0.3) is 0 Å². The molecule has 0 aliphatic heterocycles. The van der Waals surface area contributed by atoms with Gasteiger partial charge >= 0.3 is 0 Å². The maximum Gasteiger partial charge on any atom is 0.241 e. The van der Waals surface area contributed by atoms with E-state index >= 15 is 0 Å². The van der Waals surface area contributed by atoms with Gasteiger partial charge in [-0.3, -0.25) is 9.78 Å². The molecule has 2 unspecified atom stereocenters. The van der Waals surface area contributed by atoms with Gasteiger partial charge in [-0.1, -0.05) is 30.3 Å². The van der Waals surface area contributed by atoms with Crippen LogP contribution in [0.4, 0.5) is 5.69 Å². The second-order valence-electron chi connectivity index (χ2n) is 6.67. The summed E-state index contributed by atoms with van der Waals surface area (Å²) in [5.41, 5.74) is 9.44. The molecule has 3 aromatic rings. The second kappa shape index (κ2) is 7.60. The molecule has 1 aromatic heterocycles. The number of aromatic nitrogens is 1. The highest BCUT2D eigenvalue weighted by atomic mass is 16.5. The van der Waals surface area contributed by atoms with Crippen LogP contribution in [0.15, 0.2) is 73.1 Å². The Morgan fingerprint density at radius 2 is 1.89 bits per heavy atom. The summed E-state index contributed by atoms with van der Waals surface area (Å²) in [6, 6.07) is 18.5. The number of benzene rings is 2. The fourth-order valence-electron chi connectivity index (χ4n) is 3.55. The fraction of sp³-hybridized carbons (Fsp3) is 0.182. The van der Waals surface area contributed by atoms with Crippen molar-refractivity contribution in [1.82, 2.24) is 4.98 Å². The SMILES string of the molecule is NC(C(=O)Nc1cccc(Oc2ccncc2)c1)C1CCc2ccccc21. The zero-order valence-electron chi connectivity index (χ0n) is 14.8. The number of anilines is 1. The standard InChI is InChI=1S/C22H21N3O2/c23-21(20-9-8-15-4-1-2-7-19(15)20)22(26)25-16-5-3-6-18(14-16)27-17-10-12-24-13-11-17/h1-7,10-14,20-21H,8-9,23H2,(H,25,26). The third-order valence-electron chi connectivity index (χ3n) is 4.90. The first-order chi connectivity index (χ1) is 13.2. The Hall–Kier alpha value is -3.18. The first kappa shape index (κ1) is 17.2. The molecule has 0 saturated carbocycles. The highest BCUT2D eigenvalue weighted by Crippen LogP contribution is 2.35. The molecule has 5 nitrogen and oxygen atoms in total. The number of nitrogens with two attached hydrogens (primary N) is 1. The van der Waals surface area contributed by atoms with Gasteiger partial charge in [0.05, 0.1) is 6.04 Å². The Bertz CT molecular complexity index is 943. The third kappa shape index (κ3) is 3.83. The van der Waals surface area contributed by atoms with Crippen molar-refractivity contribution in [1.29, 1.82) is 0 Å². The molecule has 0 fully saturated rings. The number of fused-ring (bicyclic) bond motifs is 1. The Kier molecular flexibility index (Phi) is 4.85. The van der Waals surface area contributed by atoms with Crippen LogP contribution >= 0.6 is 0 Å². The van der Waals surface area contributed by atoms with Crippen molar-refractivity contribution in [3.8, 4) is 11.5 Å². The van der Waals surface area contributed by atoms with Crippen molar-refractivity contribution in [2.24, 2.45) is 5.73 Å². The van der Waals surface area contributed by atoms with E-state index < -0.39 is 6.04 Å². The molecule has 1 heterocycles. The number of ether oxygens (including phenoxy) is 1. The number of rotatable bonds is 5. The maximum absolute atomic E-state index is 12.7. The van der Waals surface area contributed by atoms with E-state index in [1.807, 2.05) is 30.3 Å². The fourth-order valence-corrected chi connectivity index (χ4v) is 3.55. The van der Waals surface area contributed by atoms with Gasteiger partial charge in [0.1, 0.15) is 11.5 Å². The quantitative estimate of drug-likeness (QED) is 0.725. The molecule has 0 radical (unpaired) electrons. The zero-order valence-corrected chi connectivity index (χ0v) is 14.8. The summed E-state index contributed by atoms with van der Waals surface area (Å²) in [7, 11) is 0. The van der Waals surface area contributed by atoms with Gasteiger partial charge in [0.25, 0.3) is 0 Å². The lowest BCUT2D eigenvalue weighted by atomic mass is 9.93.